The predicted octanol–water partition coefficient (Wildman–Crippen LogP) is 7.72. The Kier molecular flexibility index (Phi) is 8.33. The summed E-state index contributed by atoms with van der Waals surface area (Å²) in [6.45, 7) is 3.84. The molecule has 0 aliphatic carbocycles. The number of non-ortho nitro benzene ring substituents is 1. The molecule has 0 bridgehead atoms. The normalized spacial score (nSPS) is 12.0. The summed E-state index contributed by atoms with van der Waals surface area (Å²) < 4.78 is 11.7. The number of benzene rings is 4. The second-order valence-corrected chi connectivity index (χ2v) is 9.95. The van der Waals surface area contributed by atoms with Gasteiger partial charge in [0, 0.05) is 29.5 Å². The Bertz CT molecular complexity index is 1900. The molecule has 5 aromatic rings. The average Bonchev–Trinajstić information content (AvgIpc) is 3.00. The Labute approximate surface area is 245 Å². The summed E-state index contributed by atoms with van der Waals surface area (Å²) in [5.74, 6) is 0.430. The van der Waals surface area contributed by atoms with Gasteiger partial charge in [0.2, 0.25) is 0 Å². The summed E-state index contributed by atoms with van der Waals surface area (Å²) >= 11 is 0. The minimum absolute atomic E-state index is 0.00809. The number of rotatable bonds is 10. The van der Waals surface area contributed by atoms with Crippen molar-refractivity contribution in [2.75, 3.05) is 6.61 Å². The molecule has 43 heavy (non-hydrogen) atoms. The molecule has 0 amide bonds. The van der Waals surface area contributed by atoms with Crippen molar-refractivity contribution in [2.24, 2.45) is 10.2 Å². The first-order valence-electron chi connectivity index (χ1n) is 13.3. The summed E-state index contributed by atoms with van der Waals surface area (Å²) in [6, 6.07) is 24.9. The van der Waals surface area contributed by atoms with Gasteiger partial charge < -0.3 is 9.15 Å². The third-order valence-electron chi connectivity index (χ3n) is 7.02. The number of nitro benzene ring substituents is 2. The van der Waals surface area contributed by atoms with Crippen molar-refractivity contribution in [3.8, 4) is 5.75 Å². The van der Waals surface area contributed by atoms with Crippen LogP contribution in [0.1, 0.15) is 33.9 Å². The highest BCUT2D eigenvalue weighted by atomic mass is 16.6. The second-order valence-electron chi connectivity index (χ2n) is 9.95. The quantitative estimate of drug-likeness (QED) is 0.0712. The molecular formula is C32H26N4O7. The number of nitrogens with zero attached hydrogens (tertiary/aromatic N) is 4. The summed E-state index contributed by atoms with van der Waals surface area (Å²) in [6.07, 6.45) is 0.458. The van der Waals surface area contributed by atoms with Gasteiger partial charge >= 0.3 is 11.3 Å². The third kappa shape index (κ3) is 6.62. The fourth-order valence-corrected chi connectivity index (χ4v) is 4.62. The van der Waals surface area contributed by atoms with Crippen molar-refractivity contribution < 1.29 is 19.0 Å². The SMILES string of the molecule is Cc1ccc(C(COc2ccc3c(C)c(Cc4ccccc4)c(=O)oc3c2)N=Nc2ccc([N+](=O)[O-])cc2[N+](=O)[O-])cc1. The van der Waals surface area contributed by atoms with Crippen molar-refractivity contribution in [2.45, 2.75) is 26.3 Å². The molecule has 1 unspecified atom stereocenters. The van der Waals surface area contributed by atoms with E-state index in [2.05, 4.69) is 10.2 Å². The molecule has 0 saturated heterocycles. The molecule has 0 saturated carbocycles. The van der Waals surface area contributed by atoms with Crippen LogP contribution in [0.5, 0.6) is 5.75 Å². The van der Waals surface area contributed by atoms with Crippen molar-refractivity contribution in [1.82, 2.24) is 0 Å². The highest BCUT2D eigenvalue weighted by Crippen LogP contribution is 2.33. The van der Waals surface area contributed by atoms with E-state index in [-0.39, 0.29) is 12.3 Å². The highest BCUT2D eigenvalue weighted by Gasteiger charge is 2.21. The highest BCUT2D eigenvalue weighted by molar-refractivity contribution is 5.82. The van der Waals surface area contributed by atoms with Crippen molar-refractivity contribution in [3.63, 3.8) is 0 Å². The topological polar surface area (TPSA) is 150 Å². The van der Waals surface area contributed by atoms with Crippen LogP contribution in [-0.4, -0.2) is 16.5 Å². The Hall–Kier alpha value is -5.71. The molecule has 1 aromatic heterocycles. The largest absolute Gasteiger partial charge is 0.491 e. The molecule has 0 radical (unpaired) electrons. The van der Waals surface area contributed by atoms with E-state index in [0.717, 1.165) is 39.8 Å². The summed E-state index contributed by atoms with van der Waals surface area (Å²) in [5, 5.41) is 31.8. The number of nitro groups is 2. The molecule has 0 aliphatic heterocycles. The Morgan fingerprint density at radius 2 is 1.63 bits per heavy atom. The monoisotopic (exact) mass is 578 g/mol. The number of aryl methyl sites for hydroxylation is 2. The van der Waals surface area contributed by atoms with Crippen LogP contribution in [0, 0.1) is 34.1 Å². The average molecular weight is 579 g/mol. The first kappa shape index (κ1) is 28.8. The number of ether oxygens (including phenoxy) is 1. The molecule has 0 N–H and O–H groups in total. The van der Waals surface area contributed by atoms with E-state index in [1.54, 1.807) is 12.1 Å². The van der Waals surface area contributed by atoms with Crippen LogP contribution in [0.4, 0.5) is 17.1 Å². The second kappa shape index (κ2) is 12.4. The van der Waals surface area contributed by atoms with Crippen molar-refractivity contribution in [1.29, 1.82) is 0 Å². The third-order valence-corrected chi connectivity index (χ3v) is 7.02. The maximum atomic E-state index is 12.9. The molecule has 4 aromatic carbocycles. The molecule has 216 valence electrons. The van der Waals surface area contributed by atoms with E-state index >= 15 is 0 Å². The molecule has 11 heteroatoms. The number of azo groups is 1. The van der Waals surface area contributed by atoms with Gasteiger partial charge in [0.25, 0.3) is 5.69 Å². The summed E-state index contributed by atoms with van der Waals surface area (Å²) in [5.41, 5.74) is 3.08. The smallest absolute Gasteiger partial charge is 0.340 e. The predicted molar refractivity (Wildman–Crippen MR) is 160 cm³/mol. The lowest BCUT2D eigenvalue weighted by molar-refractivity contribution is -0.393. The molecule has 1 atom stereocenters. The summed E-state index contributed by atoms with van der Waals surface area (Å²) in [7, 11) is 0. The fourth-order valence-electron chi connectivity index (χ4n) is 4.62. The van der Waals surface area contributed by atoms with E-state index in [0.29, 0.717) is 23.3 Å². The lowest BCUT2D eigenvalue weighted by atomic mass is 10.00. The maximum Gasteiger partial charge on any atom is 0.340 e. The van der Waals surface area contributed by atoms with Crippen LogP contribution in [0.25, 0.3) is 11.0 Å². The number of hydrogen-bond donors (Lipinski definition) is 0. The Morgan fingerprint density at radius 1 is 0.884 bits per heavy atom. The molecule has 0 aliphatic rings. The number of fused-ring (bicyclic) bond motifs is 1. The van der Waals surface area contributed by atoms with Gasteiger partial charge in [-0.3, -0.25) is 20.2 Å². The van der Waals surface area contributed by atoms with Gasteiger partial charge in [-0.05, 0) is 48.7 Å². The molecule has 11 nitrogen and oxygen atoms in total. The van der Waals surface area contributed by atoms with Crippen molar-refractivity contribution in [3.05, 3.63) is 149 Å². The van der Waals surface area contributed by atoms with E-state index in [9.17, 15) is 25.0 Å². The van der Waals surface area contributed by atoms with E-state index in [4.69, 9.17) is 9.15 Å². The van der Waals surface area contributed by atoms with Crippen LogP contribution < -0.4 is 10.4 Å². The van der Waals surface area contributed by atoms with Gasteiger partial charge in [-0.25, -0.2) is 4.79 Å². The van der Waals surface area contributed by atoms with Gasteiger partial charge in [0.1, 0.15) is 24.0 Å². The van der Waals surface area contributed by atoms with Gasteiger partial charge in [-0.15, -0.1) is 5.11 Å². The van der Waals surface area contributed by atoms with Crippen LogP contribution in [-0.2, 0) is 6.42 Å². The lowest BCUT2D eigenvalue weighted by Gasteiger charge is -2.15. The van der Waals surface area contributed by atoms with Gasteiger partial charge in [-0.1, -0.05) is 60.2 Å². The standard InChI is InChI=1S/C32H26N4O7/c1-20-8-10-23(11-9-20)29(34-33-28-15-12-24(35(38)39)17-30(28)36(40)41)19-42-25-13-14-26-21(2)27(32(37)43-31(26)18-25)16-22-6-4-3-5-7-22/h3-15,17-18,29H,16,19H2,1-2H3. The Balaban J connectivity index is 1.42. The van der Waals surface area contributed by atoms with Crippen molar-refractivity contribution >= 4 is 28.0 Å². The molecule has 5 rings (SSSR count). The number of hydrogen-bond acceptors (Lipinski definition) is 9. The zero-order valence-electron chi connectivity index (χ0n) is 23.3. The summed E-state index contributed by atoms with van der Waals surface area (Å²) in [4.78, 5) is 34.1. The Morgan fingerprint density at radius 3 is 2.33 bits per heavy atom. The molecule has 0 spiro atoms. The molecule has 1 heterocycles. The van der Waals surface area contributed by atoms with Gasteiger partial charge in [0.15, 0.2) is 5.69 Å². The maximum absolute atomic E-state index is 12.9. The van der Waals surface area contributed by atoms with Crippen LogP contribution in [0.2, 0.25) is 0 Å². The minimum Gasteiger partial charge on any atom is -0.491 e. The van der Waals surface area contributed by atoms with E-state index in [1.807, 2.05) is 74.5 Å². The zero-order valence-corrected chi connectivity index (χ0v) is 23.3. The first-order valence-corrected chi connectivity index (χ1v) is 13.3. The van der Waals surface area contributed by atoms with E-state index in [1.165, 1.54) is 6.07 Å². The first-order chi connectivity index (χ1) is 20.7. The minimum atomic E-state index is -0.741. The lowest BCUT2D eigenvalue weighted by Crippen LogP contribution is -2.11. The van der Waals surface area contributed by atoms with Crippen LogP contribution in [0.3, 0.4) is 0 Å². The molecular weight excluding hydrogens is 552 g/mol. The fraction of sp³-hybridized carbons (Fsp3) is 0.156. The van der Waals surface area contributed by atoms with E-state index < -0.39 is 32.9 Å². The van der Waals surface area contributed by atoms with Gasteiger partial charge in [-0.2, -0.15) is 5.11 Å². The van der Waals surface area contributed by atoms with Gasteiger partial charge in [0.05, 0.1) is 15.9 Å². The van der Waals surface area contributed by atoms with Crippen LogP contribution in [0.15, 0.2) is 110 Å². The zero-order chi connectivity index (χ0) is 30.5. The van der Waals surface area contributed by atoms with Crippen LogP contribution >= 0.6 is 0 Å². The molecule has 0 fully saturated rings.